The molecule has 3 aromatic rings. The van der Waals surface area contributed by atoms with E-state index in [1.54, 1.807) is 18.2 Å². The van der Waals surface area contributed by atoms with Crippen molar-refractivity contribution in [3.8, 4) is 17.4 Å². The first-order valence-electron chi connectivity index (χ1n) is 7.10. The van der Waals surface area contributed by atoms with Gasteiger partial charge in [0.25, 0.3) is 5.91 Å². The number of nitrogens with one attached hydrogen (secondary N) is 1. The van der Waals surface area contributed by atoms with Crippen LogP contribution < -0.4 is 5.32 Å². The average Bonchev–Trinajstić information content (AvgIpc) is 2.87. The number of benzene rings is 1. The van der Waals surface area contributed by atoms with Gasteiger partial charge in [0, 0.05) is 17.8 Å². The molecule has 2 heterocycles. The number of aromatic nitrogens is 2. The number of amides is 1. The summed E-state index contributed by atoms with van der Waals surface area (Å²) >= 11 is 6.11. The molecule has 1 aromatic carbocycles. The quantitative estimate of drug-likeness (QED) is 0.679. The fraction of sp³-hybridized carbons (Fsp3) is 0.0588. The molecule has 7 heteroatoms. The summed E-state index contributed by atoms with van der Waals surface area (Å²) < 4.78 is 1.19. The highest BCUT2D eigenvalue weighted by atomic mass is 35.5. The molecular weight excluding hydrogens is 330 g/mol. The van der Waals surface area contributed by atoms with Crippen molar-refractivity contribution in [3.63, 3.8) is 0 Å². The first-order valence-corrected chi connectivity index (χ1v) is 7.48. The summed E-state index contributed by atoms with van der Waals surface area (Å²) in [5, 5.41) is 22.5. The highest BCUT2D eigenvalue weighted by Crippen LogP contribution is 2.29. The molecule has 6 nitrogen and oxygen atoms in total. The normalized spacial score (nSPS) is 10.6. The Morgan fingerprint density at radius 2 is 1.83 bits per heavy atom. The lowest BCUT2D eigenvalue weighted by atomic mass is 10.2. The Bertz CT molecular complexity index is 902. The van der Waals surface area contributed by atoms with Crippen LogP contribution >= 0.6 is 11.6 Å². The second kappa shape index (κ2) is 6.25. The van der Waals surface area contributed by atoms with Crippen LogP contribution in [0.25, 0.3) is 5.69 Å². The fourth-order valence-electron chi connectivity index (χ4n) is 2.30. The van der Waals surface area contributed by atoms with Gasteiger partial charge in [-0.15, -0.1) is 0 Å². The average molecular weight is 344 g/mol. The molecular formula is C17H14ClN3O3. The number of aromatic hydroxyl groups is 2. The van der Waals surface area contributed by atoms with E-state index in [-0.39, 0.29) is 22.3 Å². The van der Waals surface area contributed by atoms with Gasteiger partial charge in [-0.2, -0.15) is 0 Å². The minimum atomic E-state index is -0.439. The number of carbonyl (C=O) groups excluding carboxylic acids is 1. The lowest BCUT2D eigenvalue weighted by Gasteiger charge is -2.11. The molecule has 24 heavy (non-hydrogen) atoms. The van der Waals surface area contributed by atoms with Crippen molar-refractivity contribution in [2.75, 3.05) is 5.32 Å². The molecule has 0 aliphatic heterocycles. The lowest BCUT2D eigenvalue weighted by molar-refractivity contribution is 0.102. The second-order valence-electron chi connectivity index (χ2n) is 5.17. The summed E-state index contributed by atoms with van der Waals surface area (Å²) in [5.41, 5.74) is 1.38. The zero-order valence-electron chi connectivity index (χ0n) is 12.7. The van der Waals surface area contributed by atoms with Gasteiger partial charge in [0.05, 0.1) is 16.3 Å². The number of nitrogens with zero attached hydrogens (tertiary/aromatic N) is 2. The maximum Gasteiger partial charge on any atom is 0.258 e. The van der Waals surface area contributed by atoms with Gasteiger partial charge in [0.15, 0.2) is 11.8 Å². The number of rotatable bonds is 3. The molecule has 0 bridgehead atoms. The van der Waals surface area contributed by atoms with Crippen LogP contribution in [0.5, 0.6) is 11.8 Å². The summed E-state index contributed by atoms with van der Waals surface area (Å²) in [5.74, 6) is -0.331. The number of carbonyl (C=O) groups is 1. The number of hydrogen-bond donors (Lipinski definition) is 3. The molecule has 0 unspecified atom stereocenters. The molecule has 0 atom stereocenters. The van der Waals surface area contributed by atoms with Crippen LogP contribution in [0.3, 0.4) is 0 Å². The number of aryl methyl sites for hydroxylation is 1. The van der Waals surface area contributed by atoms with Crippen LogP contribution in [0.1, 0.15) is 16.1 Å². The van der Waals surface area contributed by atoms with Crippen LogP contribution in [-0.4, -0.2) is 25.7 Å². The van der Waals surface area contributed by atoms with Crippen LogP contribution in [0.4, 0.5) is 5.82 Å². The molecule has 122 valence electrons. The highest BCUT2D eigenvalue weighted by Gasteiger charge is 2.15. The maximum absolute atomic E-state index is 12.5. The molecule has 3 rings (SSSR count). The Labute approximate surface area is 143 Å². The predicted molar refractivity (Wildman–Crippen MR) is 91.0 cm³/mol. The highest BCUT2D eigenvalue weighted by molar-refractivity contribution is 6.34. The van der Waals surface area contributed by atoms with E-state index in [0.29, 0.717) is 11.5 Å². The summed E-state index contributed by atoms with van der Waals surface area (Å²) in [7, 11) is 0. The first kappa shape index (κ1) is 15.9. The van der Waals surface area contributed by atoms with Crippen molar-refractivity contribution in [2.24, 2.45) is 0 Å². The van der Waals surface area contributed by atoms with Crippen molar-refractivity contribution in [1.29, 1.82) is 0 Å². The van der Waals surface area contributed by atoms with Crippen molar-refractivity contribution >= 4 is 23.3 Å². The fourth-order valence-corrected chi connectivity index (χ4v) is 2.51. The Balaban J connectivity index is 1.96. The topological polar surface area (TPSA) is 87.4 Å². The predicted octanol–water partition coefficient (Wildman–Crippen LogP) is 3.50. The summed E-state index contributed by atoms with van der Waals surface area (Å²) in [6, 6.07) is 12.6. The minimum absolute atomic E-state index is 0.151. The number of halogens is 1. The van der Waals surface area contributed by atoms with Gasteiger partial charge in [-0.3, -0.25) is 9.36 Å². The largest absolute Gasteiger partial charge is 0.494 e. The third-order valence-corrected chi connectivity index (χ3v) is 3.75. The zero-order valence-corrected chi connectivity index (χ0v) is 13.4. The third kappa shape index (κ3) is 3.04. The SMILES string of the molecule is Cc1cccc(NC(=O)c2cc(-n3c(O)ccc3O)ccc2Cl)n1. The van der Waals surface area contributed by atoms with Crippen LogP contribution in [-0.2, 0) is 0 Å². The lowest BCUT2D eigenvalue weighted by Crippen LogP contribution is -2.14. The standard InChI is InChI=1S/C17H14ClN3O3/c1-10-3-2-4-14(19-10)20-17(24)12-9-11(5-6-13(12)18)21-15(22)7-8-16(21)23/h2-9,22-23H,1H3,(H,19,20,24). The Hall–Kier alpha value is -2.99. The molecule has 0 radical (unpaired) electrons. The van der Waals surface area contributed by atoms with Crippen LogP contribution in [0.2, 0.25) is 5.02 Å². The third-order valence-electron chi connectivity index (χ3n) is 3.42. The molecule has 0 aliphatic carbocycles. The van der Waals surface area contributed by atoms with Crippen molar-refractivity contribution < 1.29 is 15.0 Å². The number of anilines is 1. The second-order valence-corrected chi connectivity index (χ2v) is 5.57. The van der Waals surface area contributed by atoms with Crippen LogP contribution in [0.15, 0.2) is 48.5 Å². The van der Waals surface area contributed by atoms with Gasteiger partial charge in [-0.05, 0) is 37.3 Å². The summed E-state index contributed by atoms with van der Waals surface area (Å²) in [6.45, 7) is 1.82. The van der Waals surface area contributed by atoms with Gasteiger partial charge in [0.2, 0.25) is 0 Å². The molecule has 2 aromatic heterocycles. The summed E-state index contributed by atoms with van der Waals surface area (Å²) in [4.78, 5) is 16.7. The Morgan fingerprint density at radius 3 is 2.50 bits per heavy atom. The molecule has 0 fully saturated rings. The van der Waals surface area contributed by atoms with Gasteiger partial charge in [-0.1, -0.05) is 17.7 Å². The van der Waals surface area contributed by atoms with E-state index in [9.17, 15) is 15.0 Å². The van der Waals surface area contributed by atoms with E-state index < -0.39 is 5.91 Å². The van der Waals surface area contributed by atoms with E-state index in [1.807, 2.05) is 13.0 Å². The molecule has 0 saturated heterocycles. The zero-order chi connectivity index (χ0) is 17.3. The monoisotopic (exact) mass is 343 g/mol. The van der Waals surface area contributed by atoms with E-state index in [2.05, 4.69) is 10.3 Å². The Kier molecular flexibility index (Phi) is 4.14. The minimum Gasteiger partial charge on any atom is -0.494 e. The first-order chi connectivity index (χ1) is 11.5. The number of pyridine rings is 1. The molecule has 1 amide bonds. The molecule has 0 saturated carbocycles. The van der Waals surface area contributed by atoms with Gasteiger partial charge in [-0.25, -0.2) is 4.98 Å². The van der Waals surface area contributed by atoms with Gasteiger partial charge in [0.1, 0.15) is 5.82 Å². The molecule has 3 N–H and O–H groups in total. The van der Waals surface area contributed by atoms with E-state index in [1.165, 1.54) is 28.8 Å². The molecule has 0 aliphatic rings. The van der Waals surface area contributed by atoms with Gasteiger partial charge < -0.3 is 15.5 Å². The van der Waals surface area contributed by atoms with Gasteiger partial charge >= 0.3 is 0 Å². The maximum atomic E-state index is 12.5. The molecule has 0 spiro atoms. The van der Waals surface area contributed by atoms with E-state index >= 15 is 0 Å². The van der Waals surface area contributed by atoms with Crippen molar-refractivity contribution in [3.05, 3.63) is 64.8 Å². The smallest absolute Gasteiger partial charge is 0.258 e. The van der Waals surface area contributed by atoms with E-state index in [0.717, 1.165) is 5.69 Å². The van der Waals surface area contributed by atoms with Crippen molar-refractivity contribution in [2.45, 2.75) is 6.92 Å². The summed E-state index contributed by atoms with van der Waals surface area (Å²) in [6.07, 6.45) is 0. The Morgan fingerprint density at radius 1 is 1.12 bits per heavy atom. The van der Waals surface area contributed by atoms with E-state index in [4.69, 9.17) is 11.6 Å². The van der Waals surface area contributed by atoms with Crippen molar-refractivity contribution in [1.82, 2.24) is 9.55 Å². The number of hydrogen-bond acceptors (Lipinski definition) is 4. The van der Waals surface area contributed by atoms with Crippen LogP contribution in [0, 0.1) is 6.92 Å².